The molecule has 1 amide bonds. The molecule has 148 valence electrons. The van der Waals surface area contributed by atoms with E-state index < -0.39 is 0 Å². The monoisotopic (exact) mass is 449 g/mol. The summed E-state index contributed by atoms with van der Waals surface area (Å²) in [6.07, 6.45) is 3.87. The van der Waals surface area contributed by atoms with E-state index in [1.165, 1.54) is 19.3 Å². The third-order valence-corrected chi connectivity index (χ3v) is 6.48. The van der Waals surface area contributed by atoms with Crippen molar-refractivity contribution in [3.05, 3.63) is 58.6 Å². The van der Waals surface area contributed by atoms with Crippen molar-refractivity contribution in [1.82, 2.24) is 15.2 Å². The molecule has 29 heavy (non-hydrogen) atoms. The predicted octanol–water partition coefficient (Wildman–Crippen LogP) is 5.45. The molecular formula is C24H24BrN3O. The smallest absolute Gasteiger partial charge is 0.251 e. The fraction of sp³-hybridized carbons (Fsp3) is 0.292. The largest absolute Gasteiger partial charge is 0.354 e. The molecule has 0 saturated carbocycles. The number of aromatic nitrogens is 1. The summed E-state index contributed by atoms with van der Waals surface area (Å²) in [6, 6.07) is 16.4. The number of carbonyl (C=O) groups excluding carboxylic acids is 1. The van der Waals surface area contributed by atoms with Crippen LogP contribution in [0.1, 0.15) is 29.6 Å². The Balaban J connectivity index is 1.53. The van der Waals surface area contributed by atoms with Crippen LogP contribution in [-0.2, 0) is 0 Å². The van der Waals surface area contributed by atoms with E-state index in [9.17, 15) is 4.79 Å². The van der Waals surface area contributed by atoms with Crippen molar-refractivity contribution in [1.29, 1.82) is 0 Å². The number of amides is 1. The molecule has 5 heteroatoms. The summed E-state index contributed by atoms with van der Waals surface area (Å²) >= 11 is 3.59. The Hall–Kier alpha value is -2.37. The summed E-state index contributed by atoms with van der Waals surface area (Å²) < 4.78 is 1.01. The Bertz CT molecular complexity index is 1210. The van der Waals surface area contributed by atoms with Crippen LogP contribution in [0.5, 0.6) is 0 Å². The zero-order valence-electron chi connectivity index (χ0n) is 16.3. The molecule has 4 aromatic rings. The van der Waals surface area contributed by atoms with Gasteiger partial charge in [-0.15, -0.1) is 0 Å². The van der Waals surface area contributed by atoms with Crippen LogP contribution >= 0.6 is 15.9 Å². The van der Waals surface area contributed by atoms with Gasteiger partial charge in [0, 0.05) is 44.8 Å². The van der Waals surface area contributed by atoms with Crippen LogP contribution in [0.15, 0.2) is 53.0 Å². The van der Waals surface area contributed by atoms with Gasteiger partial charge in [-0.05, 0) is 55.6 Å². The van der Waals surface area contributed by atoms with Gasteiger partial charge in [-0.1, -0.05) is 46.6 Å². The number of carbonyl (C=O) groups is 1. The second-order valence-corrected chi connectivity index (χ2v) is 8.78. The maximum Gasteiger partial charge on any atom is 0.251 e. The molecule has 1 aromatic heterocycles. The number of H-pyrrole nitrogens is 1. The number of piperidine rings is 1. The molecular weight excluding hydrogens is 426 g/mol. The molecule has 0 aliphatic carbocycles. The van der Waals surface area contributed by atoms with Gasteiger partial charge in [0.15, 0.2) is 0 Å². The standard InChI is InChI=1S/C24H24BrN3O/c25-16-8-9-17-19(14-16)23-20(18-6-2-3-7-22(18)27-23)15-21(17)24(29)26-10-13-28-11-4-1-5-12-28/h2-3,6-9,14-15,27H,1,4-5,10-13H2,(H,26,29). The molecule has 5 rings (SSSR count). The summed E-state index contributed by atoms with van der Waals surface area (Å²) in [6.45, 7) is 3.90. The summed E-state index contributed by atoms with van der Waals surface area (Å²) in [5, 5.41) is 7.43. The fourth-order valence-corrected chi connectivity index (χ4v) is 4.86. The highest BCUT2D eigenvalue weighted by Crippen LogP contribution is 2.34. The molecule has 1 aliphatic heterocycles. The van der Waals surface area contributed by atoms with Crippen molar-refractivity contribution in [2.45, 2.75) is 19.3 Å². The van der Waals surface area contributed by atoms with Crippen LogP contribution in [0.2, 0.25) is 0 Å². The topological polar surface area (TPSA) is 48.1 Å². The SMILES string of the molecule is O=C(NCCN1CCCCC1)c1cc2c3ccccc3[nH]c2c2cc(Br)ccc12. The number of nitrogens with one attached hydrogen (secondary N) is 2. The van der Waals surface area contributed by atoms with Crippen molar-refractivity contribution in [2.24, 2.45) is 0 Å². The normalized spacial score (nSPS) is 15.3. The first-order valence-electron chi connectivity index (χ1n) is 10.3. The van der Waals surface area contributed by atoms with Crippen LogP contribution < -0.4 is 5.32 Å². The van der Waals surface area contributed by atoms with Crippen molar-refractivity contribution >= 4 is 54.4 Å². The zero-order chi connectivity index (χ0) is 19.8. The van der Waals surface area contributed by atoms with Gasteiger partial charge >= 0.3 is 0 Å². The molecule has 0 unspecified atom stereocenters. The average Bonchev–Trinajstić information content (AvgIpc) is 3.13. The first kappa shape index (κ1) is 18.6. The Labute approximate surface area is 178 Å². The van der Waals surface area contributed by atoms with Crippen molar-refractivity contribution < 1.29 is 4.79 Å². The number of rotatable bonds is 4. The molecule has 3 aromatic carbocycles. The lowest BCUT2D eigenvalue weighted by Gasteiger charge is -2.26. The van der Waals surface area contributed by atoms with Gasteiger partial charge in [-0.3, -0.25) is 4.79 Å². The third kappa shape index (κ3) is 3.53. The number of aromatic amines is 1. The predicted molar refractivity (Wildman–Crippen MR) is 124 cm³/mol. The molecule has 2 N–H and O–H groups in total. The van der Waals surface area contributed by atoms with Gasteiger partial charge in [0.05, 0.1) is 5.52 Å². The van der Waals surface area contributed by atoms with E-state index in [-0.39, 0.29) is 5.91 Å². The number of halogens is 1. The quantitative estimate of drug-likeness (QED) is 0.434. The highest BCUT2D eigenvalue weighted by molar-refractivity contribution is 9.10. The lowest BCUT2D eigenvalue weighted by atomic mass is 9.99. The summed E-state index contributed by atoms with van der Waals surface area (Å²) in [5.41, 5.74) is 2.90. The number of likely N-dealkylation sites (tertiary alicyclic amines) is 1. The number of nitrogens with zero attached hydrogens (tertiary/aromatic N) is 1. The first-order chi connectivity index (χ1) is 14.2. The van der Waals surface area contributed by atoms with Crippen LogP contribution in [0.4, 0.5) is 0 Å². The maximum atomic E-state index is 13.1. The van der Waals surface area contributed by atoms with Crippen LogP contribution in [-0.4, -0.2) is 42.0 Å². The van der Waals surface area contributed by atoms with Crippen LogP contribution in [0.25, 0.3) is 32.6 Å². The van der Waals surface area contributed by atoms with Crippen molar-refractivity contribution in [2.75, 3.05) is 26.2 Å². The van der Waals surface area contributed by atoms with Crippen molar-refractivity contribution in [3.8, 4) is 0 Å². The minimum absolute atomic E-state index is 0.00140. The minimum atomic E-state index is 0.00140. The summed E-state index contributed by atoms with van der Waals surface area (Å²) in [5.74, 6) is 0.00140. The van der Waals surface area contributed by atoms with Gasteiger partial charge in [0.2, 0.25) is 0 Å². The van der Waals surface area contributed by atoms with E-state index in [1.54, 1.807) is 0 Å². The molecule has 1 saturated heterocycles. The average molecular weight is 450 g/mol. The lowest BCUT2D eigenvalue weighted by Crippen LogP contribution is -2.37. The number of fused-ring (bicyclic) bond motifs is 5. The summed E-state index contributed by atoms with van der Waals surface area (Å²) in [4.78, 5) is 19.1. The zero-order valence-corrected chi connectivity index (χ0v) is 17.9. The second kappa shape index (κ2) is 7.81. The van der Waals surface area contributed by atoms with Gasteiger partial charge in [0.25, 0.3) is 5.91 Å². The Morgan fingerprint density at radius 3 is 2.62 bits per heavy atom. The van der Waals surface area contributed by atoms with E-state index in [2.05, 4.69) is 49.3 Å². The second-order valence-electron chi connectivity index (χ2n) is 7.87. The number of hydrogen-bond acceptors (Lipinski definition) is 2. The molecule has 2 heterocycles. The Morgan fingerprint density at radius 1 is 0.966 bits per heavy atom. The lowest BCUT2D eigenvalue weighted by molar-refractivity contribution is 0.0948. The van der Waals surface area contributed by atoms with E-state index >= 15 is 0 Å². The fourth-order valence-electron chi connectivity index (χ4n) is 4.50. The number of hydrogen-bond donors (Lipinski definition) is 2. The Kier molecular flexibility index (Phi) is 5.02. The molecule has 1 fully saturated rings. The molecule has 0 spiro atoms. The van der Waals surface area contributed by atoms with Crippen LogP contribution in [0, 0.1) is 0 Å². The van der Waals surface area contributed by atoms with E-state index in [0.717, 1.165) is 62.2 Å². The highest BCUT2D eigenvalue weighted by atomic mass is 79.9. The van der Waals surface area contributed by atoms with E-state index in [0.29, 0.717) is 6.54 Å². The van der Waals surface area contributed by atoms with Gasteiger partial charge in [0.1, 0.15) is 0 Å². The minimum Gasteiger partial charge on any atom is -0.354 e. The van der Waals surface area contributed by atoms with Gasteiger partial charge < -0.3 is 15.2 Å². The first-order valence-corrected chi connectivity index (χ1v) is 11.1. The van der Waals surface area contributed by atoms with E-state index in [1.807, 2.05) is 30.3 Å². The van der Waals surface area contributed by atoms with Gasteiger partial charge in [-0.25, -0.2) is 0 Å². The van der Waals surface area contributed by atoms with Gasteiger partial charge in [-0.2, -0.15) is 0 Å². The summed E-state index contributed by atoms with van der Waals surface area (Å²) in [7, 11) is 0. The van der Waals surface area contributed by atoms with E-state index in [4.69, 9.17) is 0 Å². The Morgan fingerprint density at radius 2 is 1.76 bits per heavy atom. The number of benzene rings is 3. The van der Waals surface area contributed by atoms with Crippen molar-refractivity contribution in [3.63, 3.8) is 0 Å². The number of para-hydroxylation sites is 1. The molecule has 4 nitrogen and oxygen atoms in total. The highest BCUT2D eigenvalue weighted by Gasteiger charge is 2.17. The molecule has 0 bridgehead atoms. The third-order valence-electron chi connectivity index (χ3n) is 5.98. The molecule has 0 atom stereocenters. The maximum absolute atomic E-state index is 13.1. The molecule has 1 aliphatic rings. The molecule has 0 radical (unpaired) electrons. The van der Waals surface area contributed by atoms with Crippen LogP contribution in [0.3, 0.4) is 0 Å².